The number of imide groups is 1. The van der Waals surface area contributed by atoms with Gasteiger partial charge >= 0.3 is 0 Å². The molecule has 0 aliphatic carbocycles. The van der Waals surface area contributed by atoms with Gasteiger partial charge in [-0.05, 0) is 35.9 Å². The van der Waals surface area contributed by atoms with Gasteiger partial charge in [0.05, 0.1) is 23.3 Å². The molecule has 0 saturated heterocycles. The smallest absolute Gasteiger partial charge is 0.278 e. The fourth-order valence-electron chi connectivity index (χ4n) is 2.92. The minimum Gasteiger partial charge on any atom is -0.495 e. The van der Waals surface area contributed by atoms with Crippen LogP contribution in [0.4, 0.5) is 11.4 Å². The van der Waals surface area contributed by atoms with Crippen LogP contribution in [0.2, 0.25) is 5.02 Å². The van der Waals surface area contributed by atoms with Gasteiger partial charge in [0, 0.05) is 23.7 Å². The number of nitro benzene ring substituents is 1. The van der Waals surface area contributed by atoms with Gasteiger partial charge in [-0.2, -0.15) is 0 Å². The van der Waals surface area contributed by atoms with E-state index in [1.807, 2.05) is 0 Å². The molecule has 9 heteroatoms. The van der Waals surface area contributed by atoms with Crippen LogP contribution in [0.15, 0.2) is 60.8 Å². The molecule has 29 heavy (non-hydrogen) atoms. The van der Waals surface area contributed by atoms with Crippen LogP contribution in [-0.2, 0) is 9.59 Å². The summed E-state index contributed by atoms with van der Waals surface area (Å²) in [6, 6.07) is 10.2. The summed E-state index contributed by atoms with van der Waals surface area (Å²) in [5.41, 5.74) is 0.750. The molecule has 148 valence electrons. The number of nitro groups is 1. The van der Waals surface area contributed by atoms with E-state index in [0.717, 1.165) is 4.90 Å². The number of methoxy groups -OCH3 is 1. The predicted octanol–water partition coefficient (Wildman–Crippen LogP) is 3.63. The van der Waals surface area contributed by atoms with Crippen LogP contribution in [0, 0.1) is 10.1 Å². The molecule has 0 radical (unpaired) electrons. The number of benzene rings is 2. The number of hydrogen-bond acceptors (Lipinski definition) is 6. The van der Waals surface area contributed by atoms with E-state index in [0.29, 0.717) is 22.0 Å². The largest absolute Gasteiger partial charge is 0.495 e. The first-order valence-corrected chi connectivity index (χ1v) is 8.82. The summed E-state index contributed by atoms with van der Waals surface area (Å²) < 4.78 is 5.29. The van der Waals surface area contributed by atoms with Gasteiger partial charge in [0.1, 0.15) is 11.4 Å². The lowest BCUT2D eigenvalue weighted by molar-refractivity contribution is -0.384. The number of ether oxygens (including phenoxy) is 1. The van der Waals surface area contributed by atoms with Crippen molar-refractivity contribution >= 4 is 40.4 Å². The summed E-state index contributed by atoms with van der Waals surface area (Å²) in [6.07, 6.45) is 1.44. The summed E-state index contributed by atoms with van der Waals surface area (Å²) in [5, 5.41) is 14.3. The van der Waals surface area contributed by atoms with E-state index in [4.69, 9.17) is 16.3 Å². The van der Waals surface area contributed by atoms with Crippen LogP contribution >= 0.6 is 11.6 Å². The second-order valence-electron chi connectivity index (χ2n) is 6.03. The van der Waals surface area contributed by atoms with E-state index in [-0.39, 0.29) is 23.5 Å². The SMILES string of the molecule is C=CCN1C(=O)C(Nc2cc(Cl)ccc2OC)=C(c2ccc([N+](=O)[O-])cc2)C1=O. The molecule has 0 unspecified atom stereocenters. The molecule has 1 aliphatic heterocycles. The molecular formula is C20H16ClN3O5. The maximum atomic E-state index is 12.9. The molecule has 3 rings (SSSR count). The molecule has 0 aromatic heterocycles. The van der Waals surface area contributed by atoms with Crippen LogP contribution in [-0.4, -0.2) is 35.3 Å². The van der Waals surface area contributed by atoms with Crippen LogP contribution in [0.1, 0.15) is 5.56 Å². The number of amides is 2. The van der Waals surface area contributed by atoms with Gasteiger partial charge in [-0.3, -0.25) is 24.6 Å². The Bertz CT molecular complexity index is 1050. The van der Waals surface area contributed by atoms with Crippen molar-refractivity contribution in [2.75, 3.05) is 19.0 Å². The number of hydrogen-bond donors (Lipinski definition) is 1. The lowest BCUT2D eigenvalue weighted by Crippen LogP contribution is -2.32. The number of carbonyl (C=O) groups excluding carboxylic acids is 2. The van der Waals surface area contributed by atoms with Crippen molar-refractivity contribution in [2.45, 2.75) is 0 Å². The van der Waals surface area contributed by atoms with Crippen LogP contribution < -0.4 is 10.1 Å². The third kappa shape index (κ3) is 3.83. The Morgan fingerprint density at radius 1 is 1.21 bits per heavy atom. The number of nitrogens with one attached hydrogen (secondary N) is 1. The fourth-order valence-corrected chi connectivity index (χ4v) is 3.09. The molecule has 2 amide bonds. The normalized spacial score (nSPS) is 13.7. The molecular weight excluding hydrogens is 398 g/mol. The number of anilines is 1. The first-order valence-electron chi connectivity index (χ1n) is 8.44. The summed E-state index contributed by atoms with van der Waals surface area (Å²) >= 11 is 6.05. The first kappa shape index (κ1) is 20.1. The standard InChI is InChI=1S/C20H16ClN3O5/c1-3-10-23-19(25)17(12-4-7-14(8-5-12)24(27)28)18(20(23)26)22-15-11-13(21)6-9-16(15)29-2/h3-9,11,22H,1,10H2,2H3. The molecule has 2 aromatic rings. The van der Waals surface area contributed by atoms with Gasteiger partial charge in [-0.1, -0.05) is 17.7 Å². The third-order valence-corrected chi connectivity index (χ3v) is 4.50. The molecule has 1 heterocycles. The highest BCUT2D eigenvalue weighted by Gasteiger charge is 2.39. The minimum absolute atomic E-state index is 0.0197. The average molecular weight is 414 g/mol. The third-order valence-electron chi connectivity index (χ3n) is 4.27. The van der Waals surface area contributed by atoms with E-state index < -0.39 is 16.7 Å². The van der Waals surface area contributed by atoms with Crippen molar-refractivity contribution < 1.29 is 19.2 Å². The number of carbonyl (C=O) groups is 2. The van der Waals surface area contributed by atoms with Gasteiger partial charge in [0.25, 0.3) is 17.5 Å². The molecule has 0 fully saturated rings. The highest BCUT2D eigenvalue weighted by atomic mass is 35.5. The van der Waals surface area contributed by atoms with Crippen molar-refractivity contribution in [1.82, 2.24) is 4.90 Å². The van der Waals surface area contributed by atoms with Gasteiger partial charge in [-0.25, -0.2) is 0 Å². The molecule has 0 bridgehead atoms. The number of halogens is 1. The highest BCUT2D eigenvalue weighted by molar-refractivity contribution is 6.36. The van der Waals surface area contributed by atoms with Crippen molar-refractivity contribution in [3.63, 3.8) is 0 Å². The zero-order valence-corrected chi connectivity index (χ0v) is 16.1. The zero-order valence-electron chi connectivity index (χ0n) is 15.3. The van der Waals surface area contributed by atoms with Crippen molar-refractivity contribution in [3.8, 4) is 5.75 Å². The first-order chi connectivity index (χ1) is 13.9. The monoisotopic (exact) mass is 413 g/mol. The molecule has 2 aromatic carbocycles. The second-order valence-corrected chi connectivity index (χ2v) is 6.47. The summed E-state index contributed by atoms with van der Waals surface area (Å²) in [7, 11) is 1.46. The quantitative estimate of drug-likeness (QED) is 0.322. The summed E-state index contributed by atoms with van der Waals surface area (Å²) in [5.74, 6) is -0.662. The molecule has 1 aliphatic rings. The number of rotatable bonds is 7. The van der Waals surface area contributed by atoms with Gasteiger partial charge in [0.15, 0.2) is 0 Å². The maximum absolute atomic E-state index is 12.9. The predicted molar refractivity (Wildman–Crippen MR) is 109 cm³/mol. The van der Waals surface area contributed by atoms with Crippen molar-refractivity contribution in [1.29, 1.82) is 0 Å². The average Bonchev–Trinajstić information content (AvgIpc) is 2.93. The lowest BCUT2D eigenvalue weighted by Gasteiger charge is -2.14. The van der Waals surface area contributed by atoms with E-state index >= 15 is 0 Å². The number of nitrogens with zero attached hydrogens (tertiary/aromatic N) is 2. The Kier molecular flexibility index (Phi) is 5.65. The van der Waals surface area contributed by atoms with Crippen LogP contribution in [0.5, 0.6) is 5.75 Å². The Morgan fingerprint density at radius 2 is 1.90 bits per heavy atom. The highest BCUT2D eigenvalue weighted by Crippen LogP contribution is 2.35. The van der Waals surface area contributed by atoms with Crippen LogP contribution in [0.25, 0.3) is 5.57 Å². The van der Waals surface area contributed by atoms with E-state index in [1.165, 1.54) is 37.5 Å². The Hall–Kier alpha value is -3.65. The number of non-ortho nitro benzene ring substituents is 1. The van der Waals surface area contributed by atoms with E-state index in [1.54, 1.807) is 18.2 Å². The summed E-state index contributed by atoms with van der Waals surface area (Å²) in [4.78, 5) is 37.2. The Morgan fingerprint density at radius 3 is 2.48 bits per heavy atom. The lowest BCUT2D eigenvalue weighted by atomic mass is 10.0. The molecule has 0 saturated carbocycles. The Labute approximate surface area is 171 Å². The van der Waals surface area contributed by atoms with Crippen molar-refractivity contribution in [2.24, 2.45) is 0 Å². The molecule has 0 spiro atoms. The fraction of sp³-hybridized carbons (Fsp3) is 0.100. The van der Waals surface area contributed by atoms with E-state index in [9.17, 15) is 19.7 Å². The van der Waals surface area contributed by atoms with E-state index in [2.05, 4.69) is 11.9 Å². The van der Waals surface area contributed by atoms with Gasteiger partial charge in [0.2, 0.25) is 0 Å². The zero-order chi connectivity index (χ0) is 21.1. The molecule has 1 N–H and O–H groups in total. The minimum atomic E-state index is -0.551. The maximum Gasteiger partial charge on any atom is 0.278 e. The van der Waals surface area contributed by atoms with Gasteiger partial charge in [-0.15, -0.1) is 6.58 Å². The van der Waals surface area contributed by atoms with Crippen LogP contribution in [0.3, 0.4) is 0 Å². The second kappa shape index (κ2) is 8.15. The topological polar surface area (TPSA) is 102 Å². The Balaban J connectivity index is 2.12. The van der Waals surface area contributed by atoms with Gasteiger partial charge < -0.3 is 10.1 Å². The van der Waals surface area contributed by atoms with Crippen molar-refractivity contribution in [3.05, 3.63) is 81.5 Å². The summed E-state index contributed by atoms with van der Waals surface area (Å²) in [6.45, 7) is 3.59. The molecule has 0 atom stereocenters. The molecule has 8 nitrogen and oxygen atoms in total.